The summed E-state index contributed by atoms with van der Waals surface area (Å²) in [6, 6.07) is 6.94. The molecular weight excluding hydrogens is 240 g/mol. The third-order valence-corrected chi connectivity index (χ3v) is 3.11. The molecule has 1 aromatic carbocycles. The van der Waals surface area contributed by atoms with Gasteiger partial charge >= 0.3 is 0 Å². The number of rotatable bonds is 4. The summed E-state index contributed by atoms with van der Waals surface area (Å²) in [7, 11) is 1.60. The highest BCUT2D eigenvalue weighted by molar-refractivity contribution is 5.94. The van der Waals surface area contributed by atoms with Gasteiger partial charge in [0.25, 0.3) is 5.91 Å². The number of carbonyl (C=O) groups excluding carboxylic acids is 1. The number of hydrogen-bond acceptors (Lipinski definition) is 3. The maximum absolute atomic E-state index is 11.8. The highest BCUT2D eigenvalue weighted by Crippen LogP contribution is 2.15. The standard InChI is InChI=1S/C15H18N2O2/c1-19-14-9-7-13(8-10-14)15(18)17-16-11-12-5-3-2-4-6-12/h2-3,7-12H,4-6H2,1H3,(H,17,18)/b16-11-/t12-/m1/s1. The van der Waals surface area contributed by atoms with Gasteiger partial charge in [-0.2, -0.15) is 5.10 Å². The first kappa shape index (κ1) is 13.3. The van der Waals surface area contributed by atoms with Crippen LogP contribution in [0.25, 0.3) is 0 Å². The van der Waals surface area contributed by atoms with Crippen molar-refractivity contribution in [3.8, 4) is 5.75 Å². The van der Waals surface area contributed by atoms with Gasteiger partial charge in [0.2, 0.25) is 0 Å². The van der Waals surface area contributed by atoms with Gasteiger partial charge in [-0.3, -0.25) is 4.79 Å². The zero-order chi connectivity index (χ0) is 13.5. The summed E-state index contributed by atoms with van der Waals surface area (Å²) in [4.78, 5) is 11.8. The highest BCUT2D eigenvalue weighted by Gasteiger charge is 2.07. The summed E-state index contributed by atoms with van der Waals surface area (Å²) in [5.41, 5.74) is 3.12. The Balaban J connectivity index is 1.86. The van der Waals surface area contributed by atoms with Crippen molar-refractivity contribution in [1.82, 2.24) is 5.43 Å². The van der Waals surface area contributed by atoms with Crippen LogP contribution >= 0.6 is 0 Å². The summed E-state index contributed by atoms with van der Waals surface area (Å²) in [5, 5.41) is 4.02. The summed E-state index contributed by atoms with van der Waals surface area (Å²) in [6.07, 6.45) is 9.35. The van der Waals surface area contributed by atoms with Crippen molar-refractivity contribution in [3.05, 3.63) is 42.0 Å². The summed E-state index contributed by atoms with van der Waals surface area (Å²) in [5.74, 6) is 0.959. The Morgan fingerprint density at radius 2 is 2.16 bits per heavy atom. The van der Waals surface area contributed by atoms with Crippen LogP contribution in [0.5, 0.6) is 5.75 Å². The molecule has 1 atom stereocenters. The summed E-state index contributed by atoms with van der Waals surface area (Å²) in [6.45, 7) is 0. The predicted molar refractivity (Wildman–Crippen MR) is 75.4 cm³/mol. The number of hydrogen-bond donors (Lipinski definition) is 1. The number of nitrogens with one attached hydrogen (secondary N) is 1. The second-order valence-electron chi connectivity index (χ2n) is 4.49. The highest BCUT2D eigenvalue weighted by atomic mass is 16.5. The van der Waals surface area contributed by atoms with E-state index in [1.165, 1.54) is 0 Å². The number of ether oxygens (including phenoxy) is 1. The molecule has 1 aliphatic rings. The van der Waals surface area contributed by atoms with E-state index < -0.39 is 0 Å². The van der Waals surface area contributed by atoms with Crippen LogP contribution in [0.3, 0.4) is 0 Å². The third-order valence-electron chi connectivity index (χ3n) is 3.11. The molecule has 0 aromatic heterocycles. The van der Waals surface area contributed by atoms with E-state index in [2.05, 4.69) is 22.7 Å². The second kappa shape index (κ2) is 6.73. The Morgan fingerprint density at radius 3 is 2.79 bits per heavy atom. The van der Waals surface area contributed by atoms with Gasteiger partial charge in [-0.25, -0.2) is 5.43 Å². The third kappa shape index (κ3) is 3.95. The van der Waals surface area contributed by atoms with Gasteiger partial charge in [-0.1, -0.05) is 12.2 Å². The second-order valence-corrected chi connectivity index (χ2v) is 4.49. The Bertz CT molecular complexity index is 477. The zero-order valence-electron chi connectivity index (χ0n) is 11.0. The number of allylic oxidation sites excluding steroid dienone is 2. The minimum absolute atomic E-state index is 0.203. The van der Waals surface area contributed by atoms with Gasteiger partial charge in [0, 0.05) is 11.8 Å². The van der Waals surface area contributed by atoms with E-state index >= 15 is 0 Å². The van der Waals surface area contributed by atoms with Crippen LogP contribution in [0.2, 0.25) is 0 Å². The van der Waals surface area contributed by atoms with Crippen LogP contribution in [-0.4, -0.2) is 19.2 Å². The van der Waals surface area contributed by atoms with E-state index in [0.29, 0.717) is 11.5 Å². The maximum Gasteiger partial charge on any atom is 0.271 e. The lowest BCUT2D eigenvalue weighted by atomic mass is 9.96. The molecule has 0 radical (unpaired) electrons. The predicted octanol–water partition coefficient (Wildman–Crippen LogP) is 2.77. The minimum atomic E-state index is -0.203. The van der Waals surface area contributed by atoms with E-state index in [0.717, 1.165) is 25.0 Å². The molecule has 0 fully saturated rings. The molecule has 0 bridgehead atoms. The van der Waals surface area contributed by atoms with Gasteiger partial charge in [0.05, 0.1) is 7.11 Å². The van der Waals surface area contributed by atoms with E-state index in [4.69, 9.17) is 4.74 Å². The van der Waals surface area contributed by atoms with Gasteiger partial charge in [0.15, 0.2) is 0 Å². The molecule has 1 amide bonds. The van der Waals surface area contributed by atoms with Gasteiger partial charge in [0.1, 0.15) is 5.75 Å². The van der Waals surface area contributed by atoms with Crippen LogP contribution in [0, 0.1) is 5.92 Å². The average molecular weight is 258 g/mol. The van der Waals surface area contributed by atoms with E-state index in [1.807, 2.05) is 6.21 Å². The Morgan fingerprint density at radius 1 is 1.37 bits per heavy atom. The van der Waals surface area contributed by atoms with E-state index in [1.54, 1.807) is 31.4 Å². The van der Waals surface area contributed by atoms with Crippen molar-refractivity contribution in [1.29, 1.82) is 0 Å². The molecule has 0 saturated carbocycles. The fourth-order valence-corrected chi connectivity index (χ4v) is 1.96. The van der Waals surface area contributed by atoms with Crippen LogP contribution in [-0.2, 0) is 0 Å². The summed E-state index contributed by atoms with van der Waals surface area (Å²) < 4.78 is 5.04. The Labute approximate surface area is 113 Å². The molecule has 0 aliphatic heterocycles. The van der Waals surface area contributed by atoms with Gasteiger partial charge in [-0.05, 0) is 49.4 Å². The number of nitrogens with zero attached hydrogens (tertiary/aromatic N) is 1. The minimum Gasteiger partial charge on any atom is -0.497 e. The smallest absolute Gasteiger partial charge is 0.271 e. The van der Waals surface area contributed by atoms with Crippen molar-refractivity contribution in [2.24, 2.45) is 11.0 Å². The van der Waals surface area contributed by atoms with Crippen molar-refractivity contribution < 1.29 is 9.53 Å². The quantitative estimate of drug-likeness (QED) is 0.513. The molecule has 100 valence electrons. The normalized spacial score (nSPS) is 18.5. The Hall–Kier alpha value is -2.10. The maximum atomic E-state index is 11.8. The molecule has 0 heterocycles. The van der Waals surface area contributed by atoms with Crippen LogP contribution < -0.4 is 10.2 Å². The molecule has 1 aromatic rings. The SMILES string of the molecule is COc1ccc(C(=O)N/N=C\[C@@H]2CC=CCC2)cc1. The largest absolute Gasteiger partial charge is 0.497 e. The molecule has 19 heavy (non-hydrogen) atoms. The summed E-state index contributed by atoms with van der Waals surface area (Å²) >= 11 is 0. The number of methoxy groups -OCH3 is 1. The average Bonchev–Trinajstić information content (AvgIpc) is 2.48. The lowest BCUT2D eigenvalue weighted by Crippen LogP contribution is -2.18. The molecule has 1 aliphatic carbocycles. The number of benzene rings is 1. The van der Waals surface area contributed by atoms with Crippen LogP contribution in [0.15, 0.2) is 41.5 Å². The molecule has 0 saturated heterocycles. The lowest BCUT2D eigenvalue weighted by Gasteiger charge is -2.11. The van der Waals surface area contributed by atoms with Gasteiger partial charge in [-0.15, -0.1) is 0 Å². The van der Waals surface area contributed by atoms with E-state index in [9.17, 15) is 4.79 Å². The van der Waals surface area contributed by atoms with Crippen LogP contribution in [0.4, 0.5) is 0 Å². The molecule has 0 spiro atoms. The van der Waals surface area contributed by atoms with Crippen molar-refractivity contribution in [2.75, 3.05) is 7.11 Å². The number of amides is 1. The molecule has 1 N–H and O–H groups in total. The van der Waals surface area contributed by atoms with E-state index in [-0.39, 0.29) is 5.91 Å². The van der Waals surface area contributed by atoms with Crippen molar-refractivity contribution in [3.63, 3.8) is 0 Å². The molecule has 2 rings (SSSR count). The first-order valence-corrected chi connectivity index (χ1v) is 6.42. The first-order valence-electron chi connectivity index (χ1n) is 6.42. The fraction of sp³-hybridized carbons (Fsp3) is 0.333. The monoisotopic (exact) mass is 258 g/mol. The first-order chi connectivity index (χ1) is 9.29. The molecule has 4 heteroatoms. The number of carbonyl (C=O) groups is 1. The lowest BCUT2D eigenvalue weighted by molar-refractivity contribution is 0.0955. The topological polar surface area (TPSA) is 50.7 Å². The zero-order valence-corrected chi connectivity index (χ0v) is 11.0. The number of hydrazone groups is 1. The fourth-order valence-electron chi connectivity index (χ4n) is 1.96. The van der Waals surface area contributed by atoms with Crippen molar-refractivity contribution in [2.45, 2.75) is 19.3 Å². The Kier molecular flexibility index (Phi) is 4.72. The van der Waals surface area contributed by atoms with Crippen molar-refractivity contribution >= 4 is 12.1 Å². The molecule has 0 unspecified atom stereocenters. The van der Waals surface area contributed by atoms with Crippen LogP contribution in [0.1, 0.15) is 29.6 Å². The molecular formula is C15H18N2O2. The molecule has 4 nitrogen and oxygen atoms in total. The van der Waals surface area contributed by atoms with Gasteiger partial charge < -0.3 is 4.74 Å².